The lowest BCUT2D eigenvalue weighted by molar-refractivity contribution is 0.104. The fraction of sp³-hybridized carbons (Fsp3) is 0. The first-order valence-electron chi connectivity index (χ1n) is 7.61. The number of fused-ring (bicyclic) bond motifs is 1. The van der Waals surface area contributed by atoms with Crippen LogP contribution < -0.4 is 0 Å². The molecule has 0 amide bonds. The van der Waals surface area contributed by atoms with Crippen molar-refractivity contribution in [3.05, 3.63) is 94.3 Å². The van der Waals surface area contributed by atoms with Crippen LogP contribution in [0, 0.1) is 0 Å². The van der Waals surface area contributed by atoms with E-state index < -0.39 is 0 Å². The number of hydrogen-bond acceptors (Lipinski definition) is 2. The molecule has 1 nitrogen and oxygen atoms in total. The maximum Gasteiger partial charge on any atom is 0.203 e. The van der Waals surface area contributed by atoms with Crippen LogP contribution in [0.2, 0.25) is 5.02 Å². The first kappa shape index (κ1) is 15.1. The summed E-state index contributed by atoms with van der Waals surface area (Å²) >= 11 is 7.49. The van der Waals surface area contributed by atoms with Crippen molar-refractivity contribution in [3.63, 3.8) is 0 Å². The van der Waals surface area contributed by atoms with E-state index in [-0.39, 0.29) is 5.78 Å². The average molecular weight is 349 g/mol. The molecule has 0 atom stereocenters. The molecule has 0 unspecified atom stereocenters. The number of thiophene rings is 1. The van der Waals surface area contributed by atoms with Crippen LogP contribution in [0.1, 0.15) is 15.2 Å². The smallest absolute Gasteiger partial charge is 0.203 e. The Morgan fingerprint density at radius 3 is 2.21 bits per heavy atom. The molecule has 0 N–H and O–H groups in total. The van der Waals surface area contributed by atoms with Gasteiger partial charge < -0.3 is 0 Å². The van der Waals surface area contributed by atoms with Gasteiger partial charge in [-0.25, -0.2) is 0 Å². The van der Waals surface area contributed by atoms with Gasteiger partial charge in [-0.2, -0.15) is 0 Å². The Morgan fingerprint density at radius 2 is 1.46 bits per heavy atom. The van der Waals surface area contributed by atoms with E-state index in [9.17, 15) is 4.79 Å². The van der Waals surface area contributed by atoms with E-state index in [4.69, 9.17) is 11.6 Å². The molecule has 1 heterocycles. The summed E-state index contributed by atoms with van der Waals surface area (Å²) in [5.74, 6) is 0.0340. The van der Waals surface area contributed by atoms with E-state index in [1.54, 1.807) is 35.6 Å². The largest absolute Gasteiger partial charge is 0.288 e. The maximum absolute atomic E-state index is 13.1. The van der Waals surface area contributed by atoms with Crippen LogP contribution in [0.5, 0.6) is 0 Å². The molecule has 0 aliphatic carbocycles. The minimum absolute atomic E-state index is 0.0340. The number of carbonyl (C=O) groups is 1. The Kier molecular flexibility index (Phi) is 3.93. The van der Waals surface area contributed by atoms with E-state index in [1.165, 1.54) is 0 Å². The van der Waals surface area contributed by atoms with Crippen molar-refractivity contribution in [2.24, 2.45) is 0 Å². The van der Waals surface area contributed by atoms with Crippen LogP contribution in [-0.2, 0) is 0 Å². The molecule has 0 spiro atoms. The summed E-state index contributed by atoms with van der Waals surface area (Å²) in [5.41, 5.74) is 2.73. The number of halogens is 1. The van der Waals surface area contributed by atoms with E-state index in [0.29, 0.717) is 10.6 Å². The molecule has 1 aromatic heterocycles. The second-order valence-corrected chi connectivity index (χ2v) is 6.99. The minimum Gasteiger partial charge on any atom is -0.288 e. The fourth-order valence-electron chi connectivity index (χ4n) is 2.83. The van der Waals surface area contributed by atoms with Crippen molar-refractivity contribution in [2.75, 3.05) is 0 Å². The maximum atomic E-state index is 13.1. The van der Waals surface area contributed by atoms with Crippen LogP contribution in [0.25, 0.3) is 21.2 Å². The van der Waals surface area contributed by atoms with Gasteiger partial charge >= 0.3 is 0 Å². The summed E-state index contributed by atoms with van der Waals surface area (Å²) in [5, 5.41) is 1.75. The lowest BCUT2D eigenvalue weighted by atomic mass is 9.98. The van der Waals surface area contributed by atoms with Gasteiger partial charge in [-0.15, -0.1) is 11.3 Å². The molecule has 0 aliphatic heterocycles. The second kappa shape index (κ2) is 6.23. The lowest BCUT2D eigenvalue weighted by Crippen LogP contribution is -2.00. The SMILES string of the molecule is O=C(c1ccc(Cl)cc1)c1sc2ccccc2c1-c1ccccc1. The molecular weight excluding hydrogens is 336 g/mol. The Bertz CT molecular complexity index is 1020. The standard InChI is InChI=1S/C21H13ClOS/c22-16-12-10-15(11-13-16)20(23)21-19(14-6-2-1-3-7-14)17-8-4-5-9-18(17)24-21/h1-13H. The van der Waals surface area contributed by atoms with Crippen LogP contribution in [0.15, 0.2) is 78.9 Å². The van der Waals surface area contributed by atoms with Crippen LogP contribution >= 0.6 is 22.9 Å². The third-order valence-electron chi connectivity index (χ3n) is 3.97. The summed E-state index contributed by atoms with van der Waals surface area (Å²) in [6, 6.07) is 25.3. The average Bonchev–Trinajstić information content (AvgIpc) is 3.02. The topological polar surface area (TPSA) is 17.1 Å². The van der Waals surface area contributed by atoms with Gasteiger partial charge in [0.25, 0.3) is 0 Å². The molecule has 3 aromatic carbocycles. The highest BCUT2D eigenvalue weighted by Gasteiger charge is 2.20. The summed E-state index contributed by atoms with van der Waals surface area (Å²) in [7, 11) is 0. The number of carbonyl (C=O) groups excluding carboxylic acids is 1. The Balaban J connectivity index is 1.95. The Hall–Kier alpha value is -2.42. The van der Waals surface area contributed by atoms with Gasteiger partial charge in [0.2, 0.25) is 5.78 Å². The molecule has 0 fully saturated rings. The van der Waals surface area contributed by atoms with Crippen LogP contribution in [-0.4, -0.2) is 5.78 Å². The van der Waals surface area contributed by atoms with Crippen LogP contribution in [0.3, 0.4) is 0 Å². The molecular formula is C21H13ClOS. The summed E-state index contributed by atoms with van der Waals surface area (Å²) in [4.78, 5) is 13.9. The number of ketones is 1. The van der Waals surface area contributed by atoms with E-state index in [0.717, 1.165) is 26.1 Å². The van der Waals surface area contributed by atoms with Gasteiger partial charge in [-0.1, -0.05) is 60.1 Å². The first-order valence-corrected chi connectivity index (χ1v) is 8.81. The Morgan fingerprint density at radius 1 is 0.792 bits per heavy atom. The fourth-order valence-corrected chi connectivity index (χ4v) is 4.14. The summed E-state index contributed by atoms with van der Waals surface area (Å²) in [6.07, 6.45) is 0. The normalized spacial score (nSPS) is 10.9. The van der Waals surface area contributed by atoms with Crippen LogP contribution in [0.4, 0.5) is 0 Å². The molecule has 0 bridgehead atoms. The number of hydrogen-bond donors (Lipinski definition) is 0. The predicted molar refractivity (Wildman–Crippen MR) is 102 cm³/mol. The molecule has 116 valence electrons. The monoisotopic (exact) mass is 348 g/mol. The molecule has 0 radical (unpaired) electrons. The minimum atomic E-state index is 0.0340. The van der Waals surface area contributed by atoms with Crippen molar-refractivity contribution in [1.29, 1.82) is 0 Å². The number of benzene rings is 3. The third kappa shape index (κ3) is 2.64. The van der Waals surface area contributed by atoms with E-state index in [2.05, 4.69) is 12.1 Å². The van der Waals surface area contributed by atoms with Crippen molar-refractivity contribution >= 4 is 38.8 Å². The molecule has 0 aliphatic rings. The molecule has 3 heteroatoms. The summed E-state index contributed by atoms with van der Waals surface area (Å²) < 4.78 is 1.12. The van der Waals surface area contributed by atoms with E-state index in [1.807, 2.05) is 42.5 Å². The highest BCUT2D eigenvalue weighted by Crippen LogP contribution is 2.39. The Labute approximate surface area is 149 Å². The second-order valence-electron chi connectivity index (χ2n) is 5.50. The van der Waals surface area contributed by atoms with Gasteiger partial charge in [-0.05, 0) is 35.9 Å². The van der Waals surface area contributed by atoms with Crippen molar-refractivity contribution < 1.29 is 4.79 Å². The molecule has 0 saturated carbocycles. The summed E-state index contributed by atoms with van der Waals surface area (Å²) in [6.45, 7) is 0. The van der Waals surface area contributed by atoms with Crippen molar-refractivity contribution in [3.8, 4) is 11.1 Å². The van der Waals surface area contributed by atoms with Gasteiger partial charge in [0, 0.05) is 26.2 Å². The zero-order chi connectivity index (χ0) is 16.5. The van der Waals surface area contributed by atoms with Crippen molar-refractivity contribution in [2.45, 2.75) is 0 Å². The van der Waals surface area contributed by atoms with Gasteiger partial charge in [0.05, 0.1) is 4.88 Å². The zero-order valence-corrected chi connectivity index (χ0v) is 14.3. The van der Waals surface area contributed by atoms with Gasteiger partial charge in [0.1, 0.15) is 0 Å². The predicted octanol–water partition coefficient (Wildman–Crippen LogP) is 6.45. The first-order chi connectivity index (χ1) is 11.7. The third-order valence-corrected chi connectivity index (χ3v) is 5.39. The molecule has 0 saturated heterocycles. The molecule has 4 aromatic rings. The molecule has 4 rings (SSSR count). The van der Waals surface area contributed by atoms with Gasteiger partial charge in [0.15, 0.2) is 0 Å². The quantitative estimate of drug-likeness (QED) is 0.389. The number of rotatable bonds is 3. The molecule has 24 heavy (non-hydrogen) atoms. The lowest BCUT2D eigenvalue weighted by Gasteiger charge is -2.05. The van der Waals surface area contributed by atoms with Crippen molar-refractivity contribution in [1.82, 2.24) is 0 Å². The van der Waals surface area contributed by atoms with E-state index >= 15 is 0 Å². The highest BCUT2D eigenvalue weighted by molar-refractivity contribution is 7.21. The zero-order valence-electron chi connectivity index (χ0n) is 12.7. The van der Waals surface area contributed by atoms with Gasteiger partial charge in [-0.3, -0.25) is 4.79 Å². The highest BCUT2D eigenvalue weighted by atomic mass is 35.5.